The molecule has 0 aliphatic heterocycles. The molecule has 116 valence electrons. The number of nitrogens with one attached hydrogen (secondary N) is 1. The lowest BCUT2D eigenvalue weighted by molar-refractivity contribution is 0.601. The van der Waals surface area contributed by atoms with Crippen molar-refractivity contribution in [1.82, 2.24) is 0 Å². The molecule has 0 aliphatic rings. The molecular formula is C19H17NO2S. The van der Waals surface area contributed by atoms with E-state index < -0.39 is 10.0 Å². The second kappa shape index (κ2) is 6.26. The number of aryl methyl sites for hydroxylation is 1. The third kappa shape index (κ3) is 3.60. The molecule has 4 heteroatoms. The number of anilines is 1. The Morgan fingerprint density at radius 2 is 1.26 bits per heavy atom. The van der Waals surface area contributed by atoms with Crippen molar-refractivity contribution < 1.29 is 8.42 Å². The Morgan fingerprint density at radius 1 is 0.696 bits per heavy atom. The predicted molar refractivity (Wildman–Crippen MR) is 93.9 cm³/mol. The summed E-state index contributed by atoms with van der Waals surface area (Å²) in [6.45, 7) is 1.92. The Balaban J connectivity index is 1.82. The summed E-state index contributed by atoms with van der Waals surface area (Å²) in [5.74, 6) is 0. The van der Waals surface area contributed by atoms with Crippen molar-refractivity contribution in [1.29, 1.82) is 0 Å². The summed E-state index contributed by atoms with van der Waals surface area (Å²) in [5.41, 5.74) is 3.71. The van der Waals surface area contributed by atoms with E-state index in [1.54, 1.807) is 36.4 Å². The number of benzene rings is 3. The second-order valence-corrected chi connectivity index (χ2v) is 7.04. The summed E-state index contributed by atoms with van der Waals surface area (Å²) in [6.07, 6.45) is 0. The zero-order valence-electron chi connectivity index (χ0n) is 12.7. The monoisotopic (exact) mass is 323 g/mol. The molecule has 3 nitrogen and oxygen atoms in total. The van der Waals surface area contributed by atoms with Crippen LogP contribution in [0.15, 0.2) is 83.8 Å². The SMILES string of the molecule is Cc1ccc(S(=O)(=O)Nc2ccc(-c3ccccc3)cc2)cc1. The molecule has 0 atom stereocenters. The van der Waals surface area contributed by atoms with Gasteiger partial charge < -0.3 is 0 Å². The van der Waals surface area contributed by atoms with Gasteiger partial charge in [0.15, 0.2) is 0 Å². The molecule has 0 amide bonds. The van der Waals surface area contributed by atoms with Gasteiger partial charge in [0.1, 0.15) is 0 Å². The van der Waals surface area contributed by atoms with Gasteiger partial charge in [-0.3, -0.25) is 4.72 Å². The lowest BCUT2D eigenvalue weighted by Gasteiger charge is -2.09. The van der Waals surface area contributed by atoms with Gasteiger partial charge in [0.25, 0.3) is 10.0 Å². The van der Waals surface area contributed by atoms with E-state index in [9.17, 15) is 8.42 Å². The first-order chi connectivity index (χ1) is 11.0. The second-order valence-electron chi connectivity index (χ2n) is 5.36. The topological polar surface area (TPSA) is 46.2 Å². The molecule has 0 bridgehead atoms. The summed E-state index contributed by atoms with van der Waals surface area (Å²) in [7, 11) is -3.56. The van der Waals surface area contributed by atoms with Crippen molar-refractivity contribution >= 4 is 15.7 Å². The first-order valence-electron chi connectivity index (χ1n) is 7.29. The molecule has 0 fully saturated rings. The smallest absolute Gasteiger partial charge is 0.261 e. The summed E-state index contributed by atoms with van der Waals surface area (Å²) < 4.78 is 27.3. The minimum atomic E-state index is -3.56. The maximum absolute atomic E-state index is 12.4. The average Bonchev–Trinajstić information content (AvgIpc) is 2.56. The quantitative estimate of drug-likeness (QED) is 0.770. The molecule has 3 aromatic rings. The molecule has 0 heterocycles. The largest absolute Gasteiger partial charge is 0.280 e. The van der Waals surface area contributed by atoms with Gasteiger partial charge in [0, 0.05) is 5.69 Å². The highest BCUT2D eigenvalue weighted by Gasteiger charge is 2.13. The van der Waals surface area contributed by atoms with Crippen LogP contribution >= 0.6 is 0 Å². The first kappa shape index (κ1) is 15.3. The van der Waals surface area contributed by atoms with Crippen molar-refractivity contribution in [3.05, 3.63) is 84.4 Å². The number of rotatable bonds is 4. The predicted octanol–water partition coefficient (Wildman–Crippen LogP) is 4.46. The van der Waals surface area contributed by atoms with Crippen molar-refractivity contribution in [3.8, 4) is 11.1 Å². The Morgan fingerprint density at radius 3 is 1.87 bits per heavy atom. The summed E-state index contributed by atoms with van der Waals surface area (Å²) in [5, 5.41) is 0. The fourth-order valence-corrected chi connectivity index (χ4v) is 3.35. The van der Waals surface area contributed by atoms with E-state index in [1.165, 1.54) is 0 Å². The third-order valence-electron chi connectivity index (χ3n) is 3.58. The average molecular weight is 323 g/mol. The molecule has 0 aliphatic carbocycles. The maximum atomic E-state index is 12.4. The van der Waals surface area contributed by atoms with E-state index in [0.29, 0.717) is 5.69 Å². The van der Waals surface area contributed by atoms with Gasteiger partial charge in [-0.1, -0.05) is 60.2 Å². The Labute approximate surface area is 136 Å². The molecular weight excluding hydrogens is 306 g/mol. The molecule has 0 saturated carbocycles. The van der Waals surface area contributed by atoms with E-state index >= 15 is 0 Å². The van der Waals surface area contributed by atoms with Crippen molar-refractivity contribution in [2.24, 2.45) is 0 Å². The van der Waals surface area contributed by atoms with Crippen LogP contribution < -0.4 is 4.72 Å². The fourth-order valence-electron chi connectivity index (χ4n) is 2.29. The molecule has 0 aromatic heterocycles. The normalized spacial score (nSPS) is 11.2. The van der Waals surface area contributed by atoms with Gasteiger partial charge in [-0.15, -0.1) is 0 Å². The van der Waals surface area contributed by atoms with Gasteiger partial charge in [0.2, 0.25) is 0 Å². The lowest BCUT2D eigenvalue weighted by Crippen LogP contribution is -2.12. The van der Waals surface area contributed by atoms with Crippen molar-refractivity contribution in [2.75, 3.05) is 4.72 Å². The van der Waals surface area contributed by atoms with E-state index in [0.717, 1.165) is 16.7 Å². The van der Waals surface area contributed by atoms with Crippen LogP contribution in [0.2, 0.25) is 0 Å². The third-order valence-corrected chi connectivity index (χ3v) is 4.97. The fraction of sp³-hybridized carbons (Fsp3) is 0.0526. The standard InChI is InChI=1S/C19H17NO2S/c1-15-7-13-19(14-8-15)23(21,22)20-18-11-9-17(10-12-18)16-5-3-2-4-6-16/h2-14,20H,1H3. The lowest BCUT2D eigenvalue weighted by atomic mass is 10.1. The van der Waals surface area contributed by atoms with Crippen LogP contribution in [0.1, 0.15) is 5.56 Å². The summed E-state index contributed by atoms with van der Waals surface area (Å²) in [6, 6.07) is 24.1. The molecule has 0 spiro atoms. The zero-order chi connectivity index (χ0) is 16.3. The van der Waals surface area contributed by atoms with Crippen LogP contribution in [-0.2, 0) is 10.0 Å². The van der Waals surface area contributed by atoms with Crippen LogP contribution in [0.4, 0.5) is 5.69 Å². The molecule has 0 unspecified atom stereocenters. The number of hydrogen-bond donors (Lipinski definition) is 1. The Kier molecular flexibility index (Phi) is 4.17. The van der Waals surface area contributed by atoms with E-state index in [-0.39, 0.29) is 4.90 Å². The van der Waals surface area contributed by atoms with Gasteiger partial charge in [-0.2, -0.15) is 0 Å². The molecule has 0 radical (unpaired) electrons. The highest BCUT2D eigenvalue weighted by atomic mass is 32.2. The summed E-state index contributed by atoms with van der Waals surface area (Å²) >= 11 is 0. The first-order valence-corrected chi connectivity index (χ1v) is 8.78. The molecule has 0 saturated heterocycles. The molecule has 3 rings (SSSR count). The highest BCUT2D eigenvalue weighted by molar-refractivity contribution is 7.92. The van der Waals surface area contributed by atoms with Crippen LogP contribution in [0.3, 0.4) is 0 Å². The van der Waals surface area contributed by atoms with Crippen LogP contribution in [0.25, 0.3) is 11.1 Å². The molecule has 23 heavy (non-hydrogen) atoms. The van der Waals surface area contributed by atoms with Gasteiger partial charge >= 0.3 is 0 Å². The van der Waals surface area contributed by atoms with Gasteiger partial charge in [-0.05, 0) is 42.3 Å². The van der Waals surface area contributed by atoms with E-state index in [2.05, 4.69) is 4.72 Å². The van der Waals surface area contributed by atoms with Crippen molar-refractivity contribution in [3.63, 3.8) is 0 Å². The zero-order valence-corrected chi connectivity index (χ0v) is 13.5. The van der Waals surface area contributed by atoms with Gasteiger partial charge in [-0.25, -0.2) is 8.42 Å². The molecule has 3 aromatic carbocycles. The molecule has 1 N–H and O–H groups in total. The maximum Gasteiger partial charge on any atom is 0.261 e. The van der Waals surface area contributed by atoms with Gasteiger partial charge in [0.05, 0.1) is 4.90 Å². The van der Waals surface area contributed by atoms with Crippen LogP contribution in [0.5, 0.6) is 0 Å². The minimum absolute atomic E-state index is 0.259. The highest BCUT2D eigenvalue weighted by Crippen LogP contribution is 2.22. The van der Waals surface area contributed by atoms with E-state index in [1.807, 2.05) is 49.4 Å². The number of hydrogen-bond acceptors (Lipinski definition) is 2. The Hall–Kier alpha value is -2.59. The summed E-state index contributed by atoms with van der Waals surface area (Å²) in [4.78, 5) is 0.259. The van der Waals surface area contributed by atoms with Crippen molar-refractivity contribution in [2.45, 2.75) is 11.8 Å². The Bertz CT molecular complexity index is 884. The van der Waals surface area contributed by atoms with Crippen LogP contribution in [0, 0.1) is 6.92 Å². The van der Waals surface area contributed by atoms with Crippen LogP contribution in [-0.4, -0.2) is 8.42 Å². The number of sulfonamides is 1. The minimum Gasteiger partial charge on any atom is -0.280 e. The van der Waals surface area contributed by atoms with E-state index in [4.69, 9.17) is 0 Å².